The van der Waals surface area contributed by atoms with Gasteiger partial charge in [-0.05, 0) is 85.4 Å². The predicted molar refractivity (Wildman–Crippen MR) is 186 cm³/mol. The molecule has 1 saturated carbocycles. The number of carbonyl (C=O) groups is 3. The quantitative estimate of drug-likeness (QED) is 0.148. The topological polar surface area (TPSA) is 111 Å². The van der Waals surface area contributed by atoms with Gasteiger partial charge >= 0.3 is 0 Å². The fraction of sp³-hybridized carbons (Fsp3) is 0.486. The summed E-state index contributed by atoms with van der Waals surface area (Å²) < 4.78 is 0. The third-order valence-electron chi connectivity index (χ3n) is 8.08. The van der Waals surface area contributed by atoms with Crippen LogP contribution in [0, 0.1) is 5.92 Å². The Morgan fingerprint density at radius 1 is 1.02 bits per heavy atom. The van der Waals surface area contributed by atoms with E-state index in [1.807, 2.05) is 51.1 Å². The standard InChI is InChI=1S/C35H48ClN5O3S/c1-5-7-14-30(40-32(42)25-18-16-24(17-19-25)22-38-35(45)37-6-2)33(43)41-31(20-23(3)4)34(44)39-29-15-9-8-13-28(29)26-11-10-12-27(36)21-26/h6,10-12,16-19,21,23,28-31H,2,5,7-9,13-15,20,22H2,1,3-4H3,(H,39,44)(H,40,42)(H,41,43)(H2,37,38,45)/t28?,29-,30?,31+/m1/s1. The van der Waals surface area contributed by atoms with Crippen LogP contribution in [0.4, 0.5) is 0 Å². The lowest BCUT2D eigenvalue weighted by Crippen LogP contribution is -2.56. The molecule has 0 aromatic heterocycles. The fourth-order valence-corrected chi connectivity index (χ4v) is 6.07. The van der Waals surface area contributed by atoms with Gasteiger partial charge in [0.1, 0.15) is 12.1 Å². The van der Waals surface area contributed by atoms with E-state index in [0.29, 0.717) is 35.1 Å². The first-order valence-electron chi connectivity index (χ1n) is 16.0. The van der Waals surface area contributed by atoms with Gasteiger partial charge in [-0.1, -0.05) is 88.9 Å². The second-order valence-corrected chi connectivity index (χ2v) is 13.0. The molecule has 0 radical (unpaired) electrons. The molecule has 45 heavy (non-hydrogen) atoms. The van der Waals surface area contributed by atoms with Gasteiger partial charge in [-0.15, -0.1) is 0 Å². The van der Waals surface area contributed by atoms with Crippen molar-refractivity contribution in [1.82, 2.24) is 26.6 Å². The Hall–Kier alpha value is -3.43. The number of nitrogens with one attached hydrogen (secondary N) is 5. The van der Waals surface area contributed by atoms with Crippen LogP contribution in [0.3, 0.4) is 0 Å². The molecule has 4 atom stereocenters. The van der Waals surface area contributed by atoms with Gasteiger partial charge in [0.15, 0.2) is 5.11 Å². The molecular formula is C35H48ClN5O3S. The van der Waals surface area contributed by atoms with Gasteiger partial charge in [-0.25, -0.2) is 0 Å². The number of halogens is 1. The Labute approximate surface area is 278 Å². The van der Waals surface area contributed by atoms with Crippen molar-refractivity contribution in [1.29, 1.82) is 0 Å². The summed E-state index contributed by atoms with van der Waals surface area (Å²) in [5.74, 6) is -0.544. The van der Waals surface area contributed by atoms with Crippen molar-refractivity contribution in [3.05, 3.63) is 83.0 Å². The smallest absolute Gasteiger partial charge is 0.251 e. The molecule has 0 saturated heterocycles. The van der Waals surface area contributed by atoms with Crippen LogP contribution < -0.4 is 26.6 Å². The molecule has 0 heterocycles. The molecule has 1 fully saturated rings. The zero-order valence-electron chi connectivity index (χ0n) is 26.7. The summed E-state index contributed by atoms with van der Waals surface area (Å²) in [6.45, 7) is 10.2. The molecule has 0 aliphatic heterocycles. The van der Waals surface area contributed by atoms with Gasteiger partial charge in [0.2, 0.25) is 11.8 Å². The van der Waals surface area contributed by atoms with E-state index in [0.717, 1.165) is 49.7 Å². The molecule has 3 rings (SSSR count). The SMILES string of the molecule is C=CNC(=S)NCc1ccc(C(=O)NC(CCCC)C(=O)N[C@@H](CC(C)C)C(=O)N[C@@H]2CCCCC2c2cccc(Cl)c2)cc1. The monoisotopic (exact) mass is 653 g/mol. The Morgan fingerprint density at radius 2 is 1.76 bits per heavy atom. The summed E-state index contributed by atoms with van der Waals surface area (Å²) in [7, 11) is 0. The first-order chi connectivity index (χ1) is 21.6. The highest BCUT2D eigenvalue weighted by atomic mass is 35.5. The normalized spacial score (nSPS) is 17.4. The van der Waals surface area contributed by atoms with Crippen LogP contribution in [0.2, 0.25) is 5.02 Å². The predicted octanol–water partition coefficient (Wildman–Crippen LogP) is 6.11. The van der Waals surface area contributed by atoms with E-state index >= 15 is 0 Å². The lowest BCUT2D eigenvalue weighted by molar-refractivity contribution is -0.131. The summed E-state index contributed by atoms with van der Waals surface area (Å²) in [6, 6.07) is 13.4. The van der Waals surface area contributed by atoms with E-state index in [9.17, 15) is 14.4 Å². The molecule has 5 N–H and O–H groups in total. The Morgan fingerprint density at radius 3 is 2.42 bits per heavy atom. The minimum absolute atomic E-state index is 0.0427. The largest absolute Gasteiger partial charge is 0.358 e. The first-order valence-corrected chi connectivity index (χ1v) is 16.8. The molecule has 2 unspecified atom stereocenters. The van der Waals surface area contributed by atoms with Crippen LogP contribution in [0.5, 0.6) is 0 Å². The summed E-state index contributed by atoms with van der Waals surface area (Å²) in [4.78, 5) is 40.5. The number of amides is 3. The average molecular weight is 654 g/mol. The van der Waals surface area contributed by atoms with Gasteiger partial charge in [0.25, 0.3) is 5.91 Å². The van der Waals surface area contributed by atoms with E-state index in [1.54, 1.807) is 12.1 Å². The highest BCUT2D eigenvalue weighted by molar-refractivity contribution is 7.80. The van der Waals surface area contributed by atoms with E-state index in [-0.39, 0.29) is 35.6 Å². The summed E-state index contributed by atoms with van der Waals surface area (Å²) >= 11 is 11.4. The van der Waals surface area contributed by atoms with Crippen molar-refractivity contribution in [2.24, 2.45) is 5.92 Å². The van der Waals surface area contributed by atoms with Crippen LogP contribution >= 0.6 is 23.8 Å². The number of carbonyl (C=O) groups excluding carboxylic acids is 3. The van der Waals surface area contributed by atoms with Gasteiger partial charge in [0, 0.05) is 29.1 Å². The van der Waals surface area contributed by atoms with Crippen LogP contribution in [0.1, 0.15) is 99.5 Å². The van der Waals surface area contributed by atoms with Crippen molar-refractivity contribution in [2.45, 2.75) is 103 Å². The van der Waals surface area contributed by atoms with E-state index in [4.69, 9.17) is 23.8 Å². The van der Waals surface area contributed by atoms with Crippen LogP contribution in [-0.4, -0.2) is 41.0 Å². The van der Waals surface area contributed by atoms with Gasteiger partial charge in [-0.2, -0.15) is 0 Å². The van der Waals surface area contributed by atoms with Crippen molar-refractivity contribution >= 4 is 46.7 Å². The van der Waals surface area contributed by atoms with Crippen LogP contribution in [0.15, 0.2) is 61.3 Å². The summed E-state index contributed by atoms with van der Waals surface area (Å²) in [6.07, 6.45) is 8.05. The Kier molecular flexibility index (Phi) is 14.8. The average Bonchev–Trinajstić information content (AvgIpc) is 3.02. The zero-order chi connectivity index (χ0) is 32.8. The molecule has 8 nitrogen and oxygen atoms in total. The molecule has 3 amide bonds. The molecule has 0 bridgehead atoms. The lowest BCUT2D eigenvalue weighted by atomic mass is 9.80. The van der Waals surface area contributed by atoms with E-state index < -0.39 is 12.1 Å². The van der Waals surface area contributed by atoms with Crippen molar-refractivity contribution in [2.75, 3.05) is 0 Å². The van der Waals surface area contributed by atoms with Gasteiger partial charge in [-0.3, -0.25) is 14.4 Å². The maximum atomic E-state index is 13.7. The maximum absolute atomic E-state index is 13.7. The molecule has 1 aliphatic carbocycles. The molecule has 2 aromatic carbocycles. The highest BCUT2D eigenvalue weighted by Crippen LogP contribution is 2.34. The Bertz CT molecular complexity index is 1300. The minimum Gasteiger partial charge on any atom is -0.358 e. The molecule has 10 heteroatoms. The third kappa shape index (κ3) is 11.8. The number of rotatable bonds is 15. The molecule has 244 valence electrons. The van der Waals surface area contributed by atoms with Gasteiger partial charge < -0.3 is 26.6 Å². The second kappa shape index (κ2) is 18.5. The number of unbranched alkanes of at least 4 members (excludes halogenated alkanes) is 1. The highest BCUT2D eigenvalue weighted by Gasteiger charge is 2.32. The van der Waals surface area contributed by atoms with Crippen LogP contribution in [-0.2, 0) is 16.1 Å². The number of benzene rings is 2. The zero-order valence-corrected chi connectivity index (χ0v) is 28.2. The van der Waals surface area contributed by atoms with E-state index in [2.05, 4.69) is 39.2 Å². The summed E-state index contributed by atoms with van der Waals surface area (Å²) in [5, 5.41) is 16.2. The maximum Gasteiger partial charge on any atom is 0.251 e. The fourth-order valence-electron chi connectivity index (χ4n) is 5.72. The number of hydrogen-bond acceptors (Lipinski definition) is 4. The molecular weight excluding hydrogens is 606 g/mol. The Balaban J connectivity index is 1.68. The van der Waals surface area contributed by atoms with E-state index in [1.165, 1.54) is 6.20 Å². The third-order valence-corrected chi connectivity index (χ3v) is 8.58. The van der Waals surface area contributed by atoms with Crippen LogP contribution in [0.25, 0.3) is 0 Å². The minimum atomic E-state index is -0.766. The molecule has 1 aliphatic rings. The first kappa shape index (κ1) is 36.0. The van der Waals surface area contributed by atoms with Crippen molar-refractivity contribution in [3.63, 3.8) is 0 Å². The number of hydrogen-bond donors (Lipinski definition) is 5. The molecule has 0 spiro atoms. The van der Waals surface area contributed by atoms with Crippen molar-refractivity contribution < 1.29 is 14.4 Å². The molecule has 2 aromatic rings. The second-order valence-electron chi connectivity index (χ2n) is 12.1. The summed E-state index contributed by atoms with van der Waals surface area (Å²) in [5.41, 5.74) is 2.51. The number of thiocarbonyl (C=S) groups is 1. The van der Waals surface area contributed by atoms with Crippen molar-refractivity contribution in [3.8, 4) is 0 Å². The lowest BCUT2D eigenvalue weighted by Gasteiger charge is -2.34. The van der Waals surface area contributed by atoms with Gasteiger partial charge in [0.05, 0.1) is 0 Å².